The number of nitrogens with zero attached hydrogens (tertiary/aromatic N) is 4. The Kier molecular flexibility index (Phi) is 6.21. The zero-order valence-electron chi connectivity index (χ0n) is 15.4. The van der Waals surface area contributed by atoms with Crippen LogP contribution in [0.5, 0.6) is 5.75 Å². The minimum Gasteiger partial charge on any atom is -0.493 e. The van der Waals surface area contributed by atoms with Crippen LogP contribution in [0.4, 0.5) is 5.82 Å². The number of anilines is 1. The van der Waals surface area contributed by atoms with Crippen molar-refractivity contribution in [2.75, 3.05) is 31.1 Å². The molecule has 27 heavy (non-hydrogen) atoms. The molecule has 1 aromatic heterocycles. The number of hydrogen-bond acceptors (Lipinski definition) is 6. The third kappa shape index (κ3) is 4.53. The summed E-state index contributed by atoms with van der Waals surface area (Å²) in [4.78, 5) is 23.0. The van der Waals surface area contributed by atoms with Crippen LogP contribution in [0.2, 0.25) is 0 Å². The van der Waals surface area contributed by atoms with E-state index in [2.05, 4.69) is 26.3 Å². The summed E-state index contributed by atoms with van der Waals surface area (Å²) in [6.07, 6.45) is 4.99. The average molecular weight is 365 g/mol. The third-order valence-corrected chi connectivity index (χ3v) is 4.68. The van der Waals surface area contributed by atoms with Gasteiger partial charge in [-0.1, -0.05) is 12.1 Å². The molecule has 2 aromatic rings. The predicted molar refractivity (Wildman–Crippen MR) is 102 cm³/mol. The second-order valence-corrected chi connectivity index (χ2v) is 6.41. The van der Waals surface area contributed by atoms with E-state index in [9.17, 15) is 10.1 Å². The molecule has 0 bridgehead atoms. The Morgan fingerprint density at radius 1 is 1.30 bits per heavy atom. The molecule has 3 rings (SSSR count). The molecular weight excluding hydrogens is 342 g/mol. The number of ether oxygens (including phenoxy) is 1. The van der Waals surface area contributed by atoms with Gasteiger partial charge in [-0.15, -0.1) is 0 Å². The molecule has 0 saturated carbocycles. The molecule has 0 aliphatic carbocycles. The predicted octanol–water partition coefficient (Wildman–Crippen LogP) is 2.39. The molecule has 1 aliphatic rings. The zero-order valence-corrected chi connectivity index (χ0v) is 15.4. The highest BCUT2D eigenvalue weighted by molar-refractivity contribution is 5.96. The van der Waals surface area contributed by atoms with Crippen molar-refractivity contribution in [1.82, 2.24) is 15.3 Å². The van der Waals surface area contributed by atoms with Crippen LogP contribution in [0, 0.1) is 17.2 Å². The summed E-state index contributed by atoms with van der Waals surface area (Å²) in [5, 5.41) is 12.2. The maximum atomic E-state index is 12.5. The van der Waals surface area contributed by atoms with Gasteiger partial charge in [0.25, 0.3) is 5.91 Å². The Hall–Kier alpha value is -3.14. The summed E-state index contributed by atoms with van der Waals surface area (Å²) in [7, 11) is 0. The van der Waals surface area contributed by atoms with Crippen LogP contribution in [0.3, 0.4) is 0 Å². The van der Waals surface area contributed by atoms with Crippen LogP contribution in [0.25, 0.3) is 0 Å². The van der Waals surface area contributed by atoms with E-state index in [4.69, 9.17) is 4.74 Å². The van der Waals surface area contributed by atoms with E-state index < -0.39 is 0 Å². The highest BCUT2D eigenvalue weighted by Gasteiger charge is 2.23. The minimum absolute atomic E-state index is 0.109. The van der Waals surface area contributed by atoms with Gasteiger partial charge in [-0.2, -0.15) is 5.26 Å². The standard InChI is InChI=1S/C20H23N5O2/c1-2-27-18-6-4-3-5-16(18)20(26)24-14-15-7-11-25(12-8-15)19-17(13-21)22-9-10-23-19/h3-6,9-10,15H,2,7-8,11-12,14H2,1H3,(H,24,26). The molecule has 0 atom stereocenters. The Balaban J connectivity index is 1.53. The van der Waals surface area contributed by atoms with Crippen molar-refractivity contribution in [1.29, 1.82) is 5.26 Å². The molecule has 1 aromatic carbocycles. The van der Waals surface area contributed by atoms with Crippen molar-refractivity contribution in [3.05, 3.63) is 47.9 Å². The summed E-state index contributed by atoms with van der Waals surface area (Å²) in [6, 6.07) is 9.38. The normalized spacial score (nSPS) is 14.4. The lowest BCUT2D eigenvalue weighted by molar-refractivity contribution is 0.0941. The molecule has 0 spiro atoms. The molecule has 1 N–H and O–H groups in total. The van der Waals surface area contributed by atoms with Gasteiger partial charge in [0.15, 0.2) is 11.5 Å². The number of piperidine rings is 1. The Morgan fingerprint density at radius 2 is 2.04 bits per heavy atom. The first-order valence-corrected chi connectivity index (χ1v) is 9.19. The van der Waals surface area contributed by atoms with E-state index in [1.165, 1.54) is 6.20 Å². The van der Waals surface area contributed by atoms with E-state index in [-0.39, 0.29) is 5.91 Å². The Morgan fingerprint density at radius 3 is 2.78 bits per heavy atom. The number of rotatable bonds is 6. The fourth-order valence-electron chi connectivity index (χ4n) is 3.26. The van der Waals surface area contributed by atoms with E-state index in [1.807, 2.05) is 25.1 Å². The number of amides is 1. The van der Waals surface area contributed by atoms with Crippen molar-refractivity contribution in [2.24, 2.45) is 5.92 Å². The molecule has 140 valence electrons. The van der Waals surface area contributed by atoms with Crippen molar-refractivity contribution in [2.45, 2.75) is 19.8 Å². The molecule has 7 nitrogen and oxygen atoms in total. The second kappa shape index (κ2) is 8.99. The number of nitrogens with one attached hydrogen (secondary N) is 1. The lowest BCUT2D eigenvalue weighted by Gasteiger charge is -2.32. The maximum absolute atomic E-state index is 12.5. The maximum Gasteiger partial charge on any atom is 0.255 e. The number of aromatic nitrogens is 2. The van der Waals surface area contributed by atoms with Gasteiger partial charge in [-0.3, -0.25) is 4.79 Å². The largest absolute Gasteiger partial charge is 0.493 e. The first-order valence-electron chi connectivity index (χ1n) is 9.19. The first kappa shape index (κ1) is 18.6. The lowest BCUT2D eigenvalue weighted by atomic mass is 9.96. The topological polar surface area (TPSA) is 91.1 Å². The average Bonchev–Trinajstić information content (AvgIpc) is 2.73. The number of carbonyl (C=O) groups is 1. The van der Waals surface area contributed by atoms with Gasteiger partial charge in [-0.05, 0) is 37.8 Å². The summed E-state index contributed by atoms with van der Waals surface area (Å²) in [6.45, 7) is 4.64. The molecule has 7 heteroatoms. The molecule has 1 amide bonds. The SMILES string of the molecule is CCOc1ccccc1C(=O)NCC1CCN(c2nccnc2C#N)CC1. The van der Waals surface area contributed by atoms with Crippen molar-refractivity contribution < 1.29 is 9.53 Å². The Bertz CT molecular complexity index is 825. The lowest BCUT2D eigenvalue weighted by Crippen LogP contribution is -2.39. The van der Waals surface area contributed by atoms with E-state index in [1.54, 1.807) is 12.3 Å². The van der Waals surface area contributed by atoms with Gasteiger partial charge >= 0.3 is 0 Å². The van der Waals surface area contributed by atoms with Gasteiger partial charge in [0.1, 0.15) is 11.8 Å². The Labute approximate surface area is 159 Å². The fraction of sp³-hybridized carbons (Fsp3) is 0.400. The van der Waals surface area contributed by atoms with Gasteiger partial charge in [0.05, 0.1) is 12.2 Å². The molecule has 2 heterocycles. The summed E-state index contributed by atoms with van der Waals surface area (Å²) in [5.74, 6) is 1.54. The highest BCUT2D eigenvalue weighted by atomic mass is 16.5. The monoisotopic (exact) mass is 365 g/mol. The van der Waals surface area contributed by atoms with Gasteiger partial charge < -0.3 is 15.0 Å². The van der Waals surface area contributed by atoms with Crippen molar-refractivity contribution >= 4 is 11.7 Å². The van der Waals surface area contributed by atoms with Gasteiger partial charge in [0.2, 0.25) is 0 Å². The van der Waals surface area contributed by atoms with E-state index >= 15 is 0 Å². The minimum atomic E-state index is -0.109. The van der Waals surface area contributed by atoms with Gasteiger partial charge in [-0.25, -0.2) is 9.97 Å². The molecule has 1 saturated heterocycles. The number of carbonyl (C=O) groups excluding carboxylic acids is 1. The number of benzene rings is 1. The molecule has 0 radical (unpaired) electrons. The van der Waals surface area contributed by atoms with Crippen LogP contribution in [0.15, 0.2) is 36.7 Å². The van der Waals surface area contributed by atoms with Crippen LogP contribution in [-0.2, 0) is 0 Å². The quantitative estimate of drug-likeness (QED) is 0.845. The van der Waals surface area contributed by atoms with Crippen LogP contribution < -0.4 is 15.0 Å². The molecule has 0 unspecified atom stereocenters. The van der Waals surface area contributed by atoms with Crippen LogP contribution in [0.1, 0.15) is 35.8 Å². The number of hydrogen-bond donors (Lipinski definition) is 1. The second-order valence-electron chi connectivity index (χ2n) is 6.41. The van der Waals surface area contributed by atoms with Crippen LogP contribution >= 0.6 is 0 Å². The van der Waals surface area contributed by atoms with E-state index in [0.29, 0.717) is 41.9 Å². The third-order valence-electron chi connectivity index (χ3n) is 4.68. The first-order chi connectivity index (χ1) is 13.2. The highest BCUT2D eigenvalue weighted by Crippen LogP contribution is 2.23. The summed E-state index contributed by atoms with van der Waals surface area (Å²) < 4.78 is 5.53. The molecule has 1 fully saturated rings. The fourth-order valence-corrected chi connectivity index (χ4v) is 3.26. The van der Waals surface area contributed by atoms with E-state index in [0.717, 1.165) is 25.9 Å². The van der Waals surface area contributed by atoms with Crippen molar-refractivity contribution in [3.63, 3.8) is 0 Å². The van der Waals surface area contributed by atoms with Crippen molar-refractivity contribution in [3.8, 4) is 11.8 Å². The van der Waals surface area contributed by atoms with Gasteiger partial charge in [0, 0.05) is 32.0 Å². The zero-order chi connectivity index (χ0) is 19.1. The summed E-state index contributed by atoms with van der Waals surface area (Å²) >= 11 is 0. The molecule has 1 aliphatic heterocycles. The van der Waals surface area contributed by atoms with Crippen LogP contribution in [-0.4, -0.2) is 42.1 Å². The smallest absolute Gasteiger partial charge is 0.255 e. The molecular formula is C20H23N5O2. The summed E-state index contributed by atoms with van der Waals surface area (Å²) in [5.41, 5.74) is 0.923. The number of para-hydroxylation sites is 1. The number of nitriles is 1.